The lowest BCUT2D eigenvalue weighted by Gasteiger charge is -2.13. The molecule has 0 atom stereocenters. The van der Waals surface area contributed by atoms with Crippen molar-refractivity contribution in [2.24, 2.45) is 0 Å². The molecule has 0 aliphatic heterocycles. The van der Waals surface area contributed by atoms with Crippen molar-refractivity contribution in [3.63, 3.8) is 0 Å². The molecule has 106 valence electrons. The molecule has 0 aliphatic rings. The highest BCUT2D eigenvalue weighted by molar-refractivity contribution is 14.1. The molecule has 1 N–H and O–H groups in total. The highest BCUT2D eigenvalue weighted by Gasteiger charge is 2.08. The number of aromatic nitrogens is 2. The molecule has 0 saturated heterocycles. The Balaban J connectivity index is 2.21. The third-order valence-corrected chi connectivity index (χ3v) is 3.35. The monoisotopic (exact) mass is 405 g/mol. The van der Waals surface area contributed by atoms with Crippen molar-refractivity contribution in [2.45, 2.75) is 0 Å². The van der Waals surface area contributed by atoms with Crippen molar-refractivity contribution in [1.82, 2.24) is 9.97 Å². The summed E-state index contributed by atoms with van der Waals surface area (Å²) in [6.07, 6.45) is 2.98. The van der Waals surface area contributed by atoms with E-state index < -0.39 is 0 Å². The lowest BCUT2D eigenvalue weighted by molar-refractivity contribution is 0.146. The Morgan fingerprint density at radius 1 is 1.35 bits per heavy atom. The van der Waals surface area contributed by atoms with E-state index in [9.17, 15) is 0 Å². The molecule has 0 bridgehead atoms. The number of methoxy groups -OCH3 is 1. The van der Waals surface area contributed by atoms with Crippen LogP contribution in [0, 0.1) is 3.57 Å². The summed E-state index contributed by atoms with van der Waals surface area (Å²) >= 11 is 8.28. The second-order valence-electron chi connectivity index (χ2n) is 3.83. The Bertz CT molecular complexity index is 583. The number of hydrogen-bond donors (Lipinski definition) is 1. The lowest BCUT2D eigenvalue weighted by atomic mass is 10.3. The largest absolute Gasteiger partial charge is 0.489 e. The molecule has 0 amide bonds. The number of anilines is 2. The molecule has 0 fully saturated rings. The van der Waals surface area contributed by atoms with Crippen LogP contribution in [0.2, 0.25) is 5.02 Å². The molecule has 1 aromatic carbocycles. The topological polar surface area (TPSA) is 56.3 Å². The minimum atomic E-state index is 0.453. The number of nitrogens with one attached hydrogen (secondary N) is 1. The highest BCUT2D eigenvalue weighted by Crippen LogP contribution is 2.31. The van der Waals surface area contributed by atoms with Crippen LogP contribution < -0.4 is 10.1 Å². The maximum Gasteiger partial charge on any atom is 0.152 e. The van der Waals surface area contributed by atoms with E-state index in [0.717, 1.165) is 15.0 Å². The van der Waals surface area contributed by atoms with Gasteiger partial charge in [-0.15, -0.1) is 0 Å². The number of halogens is 2. The van der Waals surface area contributed by atoms with Crippen LogP contribution in [0.25, 0.3) is 0 Å². The van der Waals surface area contributed by atoms with Crippen molar-refractivity contribution < 1.29 is 9.47 Å². The fourth-order valence-corrected chi connectivity index (χ4v) is 2.14. The van der Waals surface area contributed by atoms with E-state index in [-0.39, 0.29) is 0 Å². The molecule has 1 heterocycles. The molecule has 0 saturated carbocycles. The minimum absolute atomic E-state index is 0.453. The summed E-state index contributed by atoms with van der Waals surface area (Å²) in [5.41, 5.74) is 0.800. The van der Waals surface area contributed by atoms with Gasteiger partial charge in [-0.05, 0) is 40.8 Å². The summed E-state index contributed by atoms with van der Waals surface area (Å²) in [5, 5.41) is 3.61. The maximum absolute atomic E-state index is 6.04. The van der Waals surface area contributed by atoms with Crippen molar-refractivity contribution in [3.05, 3.63) is 39.3 Å². The third kappa shape index (κ3) is 4.19. The number of benzene rings is 1. The third-order valence-electron chi connectivity index (χ3n) is 2.41. The second kappa shape index (κ2) is 7.61. The normalized spacial score (nSPS) is 10.3. The Kier molecular flexibility index (Phi) is 5.81. The van der Waals surface area contributed by atoms with E-state index in [2.05, 4.69) is 37.9 Å². The van der Waals surface area contributed by atoms with Gasteiger partial charge < -0.3 is 14.8 Å². The number of ether oxygens (including phenoxy) is 2. The van der Waals surface area contributed by atoms with Crippen LogP contribution in [-0.4, -0.2) is 30.3 Å². The molecule has 0 spiro atoms. The van der Waals surface area contributed by atoms with Gasteiger partial charge in [0.2, 0.25) is 0 Å². The molecule has 0 radical (unpaired) electrons. The standard InChI is InChI=1S/C13H13ClIN3O2/c1-19-4-5-20-12-3-2-9(15)6-11(12)18-13-10(14)7-16-8-17-13/h2-3,6-8H,4-5H2,1H3,(H,16,17,18). The first-order valence-electron chi connectivity index (χ1n) is 5.84. The first-order chi connectivity index (χ1) is 9.70. The van der Waals surface area contributed by atoms with Gasteiger partial charge in [0.15, 0.2) is 5.82 Å². The van der Waals surface area contributed by atoms with Gasteiger partial charge in [0, 0.05) is 10.7 Å². The van der Waals surface area contributed by atoms with Crippen LogP contribution in [0.4, 0.5) is 11.5 Å². The lowest BCUT2D eigenvalue weighted by Crippen LogP contribution is -2.06. The van der Waals surface area contributed by atoms with Crippen LogP contribution in [0.5, 0.6) is 5.75 Å². The summed E-state index contributed by atoms with van der Waals surface area (Å²) < 4.78 is 11.7. The minimum Gasteiger partial charge on any atom is -0.489 e. The van der Waals surface area contributed by atoms with Crippen molar-refractivity contribution >= 4 is 45.7 Å². The summed E-state index contributed by atoms with van der Waals surface area (Å²) in [7, 11) is 1.64. The summed E-state index contributed by atoms with van der Waals surface area (Å²) in [5.74, 6) is 1.26. The molecule has 20 heavy (non-hydrogen) atoms. The van der Waals surface area contributed by atoms with Gasteiger partial charge in [0.05, 0.1) is 18.5 Å². The Morgan fingerprint density at radius 3 is 2.95 bits per heavy atom. The molecule has 0 unspecified atom stereocenters. The van der Waals surface area contributed by atoms with Crippen LogP contribution in [0.3, 0.4) is 0 Å². The van der Waals surface area contributed by atoms with E-state index in [4.69, 9.17) is 21.1 Å². The van der Waals surface area contributed by atoms with E-state index in [1.54, 1.807) is 7.11 Å². The molecular weight excluding hydrogens is 393 g/mol. The first kappa shape index (κ1) is 15.3. The summed E-state index contributed by atoms with van der Waals surface area (Å²) in [4.78, 5) is 7.96. The Labute approximate surface area is 135 Å². The van der Waals surface area contributed by atoms with Gasteiger partial charge in [-0.25, -0.2) is 9.97 Å². The smallest absolute Gasteiger partial charge is 0.152 e. The predicted molar refractivity (Wildman–Crippen MR) is 86.9 cm³/mol. The average Bonchev–Trinajstić information content (AvgIpc) is 2.44. The van der Waals surface area contributed by atoms with Crippen molar-refractivity contribution in [1.29, 1.82) is 0 Å². The Morgan fingerprint density at radius 2 is 2.20 bits per heavy atom. The van der Waals surface area contributed by atoms with Crippen molar-refractivity contribution in [3.8, 4) is 5.75 Å². The molecule has 2 aromatic rings. The SMILES string of the molecule is COCCOc1ccc(I)cc1Nc1ncncc1Cl. The second-order valence-corrected chi connectivity index (χ2v) is 5.48. The van der Waals surface area contributed by atoms with Gasteiger partial charge in [-0.1, -0.05) is 11.6 Å². The van der Waals surface area contributed by atoms with Gasteiger partial charge >= 0.3 is 0 Å². The maximum atomic E-state index is 6.04. The van der Waals surface area contributed by atoms with Crippen molar-refractivity contribution in [2.75, 3.05) is 25.6 Å². The fraction of sp³-hybridized carbons (Fsp3) is 0.231. The van der Waals surface area contributed by atoms with E-state index >= 15 is 0 Å². The number of nitrogens with zero attached hydrogens (tertiary/aromatic N) is 2. The van der Waals surface area contributed by atoms with E-state index in [1.807, 2.05) is 18.2 Å². The molecule has 1 aromatic heterocycles. The predicted octanol–water partition coefficient (Wildman–Crippen LogP) is 3.50. The molecule has 5 nitrogen and oxygen atoms in total. The van der Waals surface area contributed by atoms with Gasteiger partial charge in [-0.2, -0.15) is 0 Å². The first-order valence-corrected chi connectivity index (χ1v) is 7.30. The zero-order valence-corrected chi connectivity index (χ0v) is 13.7. The quantitative estimate of drug-likeness (QED) is 0.589. The van der Waals surface area contributed by atoms with E-state index in [0.29, 0.717) is 24.1 Å². The number of hydrogen-bond acceptors (Lipinski definition) is 5. The van der Waals surface area contributed by atoms with Crippen LogP contribution >= 0.6 is 34.2 Å². The fourth-order valence-electron chi connectivity index (χ4n) is 1.49. The van der Waals surface area contributed by atoms with Crippen LogP contribution in [0.15, 0.2) is 30.7 Å². The van der Waals surface area contributed by atoms with Crippen LogP contribution in [-0.2, 0) is 4.74 Å². The summed E-state index contributed by atoms with van der Waals surface area (Å²) in [6, 6.07) is 5.82. The Hall–Kier alpha value is -1.12. The van der Waals surface area contributed by atoms with Gasteiger partial charge in [0.25, 0.3) is 0 Å². The number of rotatable bonds is 6. The molecule has 2 rings (SSSR count). The van der Waals surface area contributed by atoms with Gasteiger partial charge in [-0.3, -0.25) is 0 Å². The highest BCUT2D eigenvalue weighted by atomic mass is 127. The summed E-state index contributed by atoms with van der Waals surface area (Å²) in [6.45, 7) is 1.00. The van der Waals surface area contributed by atoms with Crippen LogP contribution in [0.1, 0.15) is 0 Å². The van der Waals surface area contributed by atoms with E-state index in [1.165, 1.54) is 12.5 Å². The molecule has 0 aliphatic carbocycles. The molecular formula is C13H13ClIN3O2. The zero-order chi connectivity index (χ0) is 14.4. The zero-order valence-electron chi connectivity index (χ0n) is 10.8. The average molecular weight is 406 g/mol. The molecule has 7 heteroatoms. The van der Waals surface area contributed by atoms with Gasteiger partial charge in [0.1, 0.15) is 23.7 Å².